The van der Waals surface area contributed by atoms with Gasteiger partial charge in [-0.3, -0.25) is 4.68 Å². The number of benzene rings is 1. The molecule has 3 rings (SSSR count). The number of aliphatic hydroxyl groups excluding tert-OH is 1. The lowest BCUT2D eigenvalue weighted by Crippen LogP contribution is -2.41. The van der Waals surface area contributed by atoms with E-state index in [-0.39, 0.29) is 17.4 Å². The third kappa shape index (κ3) is 3.47. The van der Waals surface area contributed by atoms with Crippen LogP contribution in [0.1, 0.15) is 18.5 Å². The van der Waals surface area contributed by atoms with Crippen molar-refractivity contribution < 1.29 is 17.9 Å². The Bertz CT molecular complexity index is 809. The van der Waals surface area contributed by atoms with Crippen LogP contribution < -0.4 is 0 Å². The van der Waals surface area contributed by atoms with Crippen molar-refractivity contribution in [2.24, 2.45) is 5.92 Å². The second-order valence-corrected chi connectivity index (χ2v) is 7.80. The first-order valence-corrected chi connectivity index (χ1v) is 9.19. The average Bonchev–Trinajstić information content (AvgIpc) is 3.03. The highest BCUT2D eigenvalue weighted by atomic mass is 32.2. The fourth-order valence-electron chi connectivity index (χ4n) is 2.95. The fourth-order valence-corrected chi connectivity index (χ4v) is 4.57. The first kappa shape index (κ1) is 17.0. The minimum absolute atomic E-state index is 0.0635. The number of piperidine rings is 1. The van der Waals surface area contributed by atoms with Gasteiger partial charge in [0.25, 0.3) is 0 Å². The number of sulfonamides is 1. The second-order valence-electron chi connectivity index (χ2n) is 5.89. The fraction of sp³-hybridized carbons (Fsp3) is 0.467. The van der Waals surface area contributed by atoms with Gasteiger partial charge in [-0.05, 0) is 30.9 Å². The van der Waals surface area contributed by atoms with Crippen molar-refractivity contribution in [2.45, 2.75) is 30.9 Å². The summed E-state index contributed by atoms with van der Waals surface area (Å²) in [6.45, 7) is 1.02. The van der Waals surface area contributed by atoms with E-state index >= 15 is 0 Å². The van der Waals surface area contributed by atoms with E-state index in [0.717, 1.165) is 12.5 Å². The molecule has 2 aromatic rings. The Kier molecular flexibility index (Phi) is 4.93. The van der Waals surface area contributed by atoms with Gasteiger partial charge in [-0.1, -0.05) is 17.3 Å². The Labute approximate surface area is 139 Å². The average molecular weight is 354 g/mol. The quantitative estimate of drug-likeness (QED) is 0.866. The predicted molar refractivity (Wildman–Crippen MR) is 83.8 cm³/mol. The number of aromatic nitrogens is 3. The molecule has 0 spiro atoms. The predicted octanol–water partition coefficient (Wildman–Crippen LogP) is 1.01. The number of hydrogen-bond donors (Lipinski definition) is 1. The molecular weight excluding hydrogens is 335 g/mol. The summed E-state index contributed by atoms with van der Waals surface area (Å²) in [7, 11) is -3.84. The Balaban J connectivity index is 1.74. The smallest absolute Gasteiger partial charge is 0.245 e. The molecule has 1 aromatic carbocycles. The van der Waals surface area contributed by atoms with Gasteiger partial charge < -0.3 is 5.11 Å². The van der Waals surface area contributed by atoms with Crippen molar-refractivity contribution in [3.8, 4) is 0 Å². The van der Waals surface area contributed by atoms with E-state index in [9.17, 15) is 12.8 Å². The first-order valence-electron chi connectivity index (χ1n) is 7.75. The molecule has 1 aromatic heterocycles. The highest BCUT2D eigenvalue weighted by Gasteiger charge is 2.32. The highest BCUT2D eigenvalue weighted by molar-refractivity contribution is 7.89. The third-order valence-corrected chi connectivity index (χ3v) is 6.03. The van der Waals surface area contributed by atoms with Gasteiger partial charge in [0.05, 0.1) is 12.8 Å². The van der Waals surface area contributed by atoms with Gasteiger partial charge in [0, 0.05) is 19.6 Å². The molecule has 24 heavy (non-hydrogen) atoms. The number of halogens is 1. The zero-order chi connectivity index (χ0) is 17.2. The molecule has 1 N–H and O–H groups in total. The molecule has 130 valence electrons. The first-order chi connectivity index (χ1) is 11.5. The summed E-state index contributed by atoms with van der Waals surface area (Å²) in [6, 6.07) is 5.43. The molecule has 1 aliphatic rings. The summed E-state index contributed by atoms with van der Waals surface area (Å²) in [5, 5.41) is 16.7. The van der Waals surface area contributed by atoms with E-state index in [1.807, 2.05) is 0 Å². The Hall–Kier alpha value is -1.84. The Morgan fingerprint density at radius 3 is 2.83 bits per heavy atom. The SMILES string of the molecule is O=S(=O)(c1ccccc1F)N1CCC[C@H](Cn2cc(CO)nn2)C1. The van der Waals surface area contributed by atoms with Gasteiger partial charge in [-0.25, -0.2) is 12.8 Å². The zero-order valence-electron chi connectivity index (χ0n) is 13.0. The summed E-state index contributed by atoms with van der Waals surface area (Å²) in [6.07, 6.45) is 3.21. The van der Waals surface area contributed by atoms with Crippen molar-refractivity contribution in [1.29, 1.82) is 0 Å². The van der Waals surface area contributed by atoms with Crippen molar-refractivity contribution in [3.63, 3.8) is 0 Å². The molecule has 0 radical (unpaired) electrons. The van der Waals surface area contributed by atoms with E-state index in [4.69, 9.17) is 5.11 Å². The van der Waals surface area contributed by atoms with E-state index in [1.165, 1.54) is 22.5 Å². The van der Waals surface area contributed by atoms with Crippen LogP contribution in [-0.4, -0.2) is 45.9 Å². The lowest BCUT2D eigenvalue weighted by molar-refractivity contribution is 0.238. The number of nitrogens with zero attached hydrogens (tertiary/aromatic N) is 4. The third-order valence-electron chi connectivity index (χ3n) is 4.13. The standard InChI is InChI=1S/C15H19FN4O3S/c16-14-5-1-2-6-15(14)24(22,23)20-7-3-4-12(9-20)8-19-10-13(11-21)17-18-19/h1-2,5-6,10,12,21H,3-4,7-9,11H2/t12-/m1/s1. The Morgan fingerprint density at radius 2 is 2.12 bits per heavy atom. The van der Waals surface area contributed by atoms with Crippen LogP contribution in [0.25, 0.3) is 0 Å². The van der Waals surface area contributed by atoms with Crippen LogP contribution in [0.4, 0.5) is 4.39 Å². The van der Waals surface area contributed by atoms with Crippen LogP contribution in [0.15, 0.2) is 35.4 Å². The molecule has 1 atom stereocenters. The number of rotatable bonds is 5. The van der Waals surface area contributed by atoms with E-state index in [1.54, 1.807) is 10.9 Å². The van der Waals surface area contributed by atoms with Crippen LogP contribution in [-0.2, 0) is 23.2 Å². The lowest BCUT2D eigenvalue weighted by Gasteiger charge is -2.31. The van der Waals surface area contributed by atoms with Crippen molar-refractivity contribution in [2.75, 3.05) is 13.1 Å². The van der Waals surface area contributed by atoms with Crippen LogP contribution >= 0.6 is 0 Å². The summed E-state index contributed by atoms with van der Waals surface area (Å²) < 4.78 is 42.2. The second kappa shape index (κ2) is 6.96. The van der Waals surface area contributed by atoms with Crippen LogP contribution in [0, 0.1) is 11.7 Å². The van der Waals surface area contributed by atoms with Gasteiger partial charge in [0.1, 0.15) is 16.4 Å². The molecule has 1 fully saturated rings. The Morgan fingerprint density at radius 1 is 1.33 bits per heavy atom. The maximum atomic E-state index is 13.9. The monoisotopic (exact) mass is 354 g/mol. The number of hydrogen-bond acceptors (Lipinski definition) is 5. The lowest BCUT2D eigenvalue weighted by atomic mass is 10.00. The molecule has 2 heterocycles. The van der Waals surface area contributed by atoms with E-state index < -0.39 is 15.8 Å². The van der Waals surface area contributed by atoms with Crippen molar-refractivity contribution >= 4 is 10.0 Å². The molecule has 7 nitrogen and oxygen atoms in total. The highest BCUT2D eigenvalue weighted by Crippen LogP contribution is 2.25. The minimum Gasteiger partial charge on any atom is -0.390 e. The molecule has 0 bridgehead atoms. The van der Waals surface area contributed by atoms with Gasteiger partial charge in [0.2, 0.25) is 10.0 Å². The normalized spacial score (nSPS) is 19.5. The summed E-state index contributed by atoms with van der Waals surface area (Å²) in [5.41, 5.74) is 0.474. The molecule has 9 heteroatoms. The van der Waals surface area contributed by atoms with Crippen LogP contribution in [0.3, 0.4) is 0 Å². The van der Waals surface area contributed by atoms with Gasteiger partial charge in [0.15, 0.2) is 0 Å². The molecule has 0 unspecified atom stereocenters. The van der Waals surface area contributed by atoms with E-state index in [2.05, 4.69) is 10.3 Å². The topological polar surface area (TPSA) is 88.3 Å². The summed E-state index contributed by atoms with van der Waals surface area (Å²) in [5.74, 6) is -0.669. The molecule has 0 aliphatic carbocycles. The summed E-state index contributed by atoms with van der Waals surface area (Å²) in [4.78, 5) is -0.283. The van der Waals surface area contributed by atoms with Crippen molar-refractivity contribution in [3.05, 3.63) is 42.0 Å². The maximum Gasteiger partial charge on any atom is 0.245 e. The van der Waals surface area contributed by atoms with Crippen LogP contribution in [0.2, 0.25) is 0 Å². The molecule has 0 amide bonds. The van der Waals surface area contributed by atoms with Crippen LogP contribution in [0.5, 0.6) is 0 Å². The minimum atomic E-state index is -3.84. The van der Waals surface area contributed by atoms with Gasteiger partial charge in [-0.2, -0.15) is 4.31 Å². The molecule has 1 saturated heterocycles. The van der Waals surface area contributed by atoms with E-state index in [0.29, 0.717) is 31.7 Å². The van der Waals surface area contributed by atoms with Crippen molar-refractivity contribution in [1.82, 2.24) is 19.3 Å². The summed E-state index contributed by atoms with van der Waals surface area (Å²) >= 11 is 0. The number of aliphatic hydroxyl groups is 1. The molecule has 0 saturated carbocycles. The zero-order valence-corrected chi connectivity index (χ0v) is 13.9. The van der Waals surface area contributed by atoms with Gasteiger partial charge in [-0.15, -0.1) is 5.10 Å². The largest absolute Gasteiger partial charge is 0.390 e. The van der Waals surface area contributed by atoms with Gasteiger partial charge >= 0.3 is 0 Å². The molecule has 1 aliphatic heterocycles. The molecular formula is C15H19FN4O3S. The maximum absolute atomic E-state index is 13.9.